The highest BCUT2D eigenvalue weighted by atomic mass is 19.4. The molecule has 4 rings (SSSR count). The number of allylic oxidation sites excluding steroid dienone is 1. The number of benzene rings is 2. The van der Waals surface area contributed by atoms with E-state index in [2.05, 4.69) is 15.5 Å². The summed E-state index contributed by atoms with van der Waals surface area (Å²) in [4.78, 5) is 28.0. The lowest BCUT2D eigenvalue weighted by molar-refractivity contribution is -0.176. The van der Waals surface area contributed by atoms with Crippen LogP contribution in [0.2, 0.25) is 0 Å². The van der Waals surface area contributed by atoms with Gasteiger partial charge in [0, 0.05) is 29.8 Å². The van der Waals surface area contributed by atoms with Crippen LogP contribution in [-0.4, -0.2) is 42.2 Å². The number of nitriles is 1. The summed E-state index contributed by atoms with van der Waals surface area (Å²) in [5.74, 6) is -1.38. The van der Waals surface area contributed by atoms with Gasteiger partial charge in [-0.05, 0) is 42.8 Å². The van der Waals surface area contributed by atoms with Crippen molar-refractivity contribution in [3.05, 3.63) is 71.6 Å². The first kappa shape index (κ1) is 24.3. The zero-order chi connectivity index (χ0) is 25.2. The maximum absolute atomic E-state index is 13.5. The summed E-state index contributed by atoms with van der Waals surface area (Å²) in [6.07, 6.45) is -2.67. The number of halogens is 3. The summed E-state index contributed by atoms with van der Waals surface area (Å²) in [7, 11) is 0. The molecular formula is C24H22F3N5O3. The van der Waals surface area contributed by atoms with Crippen LogP contribution in [0.15, 0.2) is 60.4 Å². The number of nitrogens with one attached hydrogen (secondary N) is 2. The molecule has 2 aromatic carbocycles. The molecule has 1 saturated heterocycles. The molecule has 35 heavy (non-hydrogen) atoms. The third kappa shape index (κ3) is 5.45. The Kier molecular flexibility index (Phi) is 6.77. The molecule has 2 N–H and O–H groups in total. The fourth-order valence-electron chi connectivity index (χ4n) is 4.08. The number of rotatable bonds is 6. The van der Waals surface area contributed by atoms with Crippen molar-refractivity contribution < 1.29 is 27.5 Å². The van der Waals surface area contributed by atoms with Crippen LogP contribution in [0.4, 0.5) is 24.5 Å². The van der Waals surface area contributed by atoms with E-state index in [9.17, 15) is 22.8 Å². The second-order valence-electron chi connectivity index (χ2n) is 8.22. The van der Waals surface area contributed by atoms with Crippen molar-refractivity contribution in [2.75, 3.05) is 23.4 Å². The number of nitrogens with zero attached hydrogens (tertiary/aromatic N) is 3. The number of fused-ring (bicyclic) bond motifs is 1. The Bertz CT molecular complexity index is 1190. The second kappa shape index (κ2) is 9.77. The van der Waals surface area contributed by atoms with E-state index in [0.29, 0.717) is 28.2 Å². The van der Waals surface area contributed by atoms with E-state index < -0.39 is 24.7 Å². The molecule has 0 saturated carbocycles. The molecule has 0 spiro atoms. The van der Waals surface area contributed by atoms with E-state index in [1.807, 2.05) is 6.07 Å². The first-order chi connectivity index (χ1) is 16.7. The van der Waals surface area contributed by atoms with Crippen molar-refractivity contribution in [3.8, 4) is 6.07 Å². The van der Waals surface area contributed by atoms with Crippen LogP contribution >= 0.6 is 0 Å². The number of carbonyl (C=O) groups excluding carboxylic acids is 2. The quantitative estimate of drug-likeness (QED) is 0.652. The van der Waals surface area contributed by atoms with E-state index in [-0.39, 0.29) is 25.0 Å². The Hall–Kier alpha value is -3.88. The highest BCUT2D eigenvalue weighted by Crippen LogP contribution is 2.31. The number of anilines is 2. The molecule has 8 nitrogen and oxygen atoms in total. The number of alkyl halides is 3. The van der Waals surface area contributed by atoms with E-state index >= 15 is 0 Å². The van der Waals surface area contributed by atoms with Gasteiger partial charge in [0.15, 0.2) is 0 Å². The van der Waals surface area contributed by atoms with Gasteiger partial charge in [0.1, 0.15) is 12.6 Å². The predicted molar refractivity (Wildman–Crippen MR) is 120 cm³/mol. The van der Waals surface area contributed by atoms with E-state index in [4.69, 9.17) is 5.26 Å². The van der Waals surface area contributed by atoms with Crippen LogP contribution in [0.3, 0.4) is 0 Å². The van der Waals surface area contributed by atoms with Gasteiger partial charge < -0.3 is 15.1 Å². The van der Waals surface area contributed by atoms with Gasteiger partial charge >= 0.3 is 6.18 Å². The van der Waals surface area contributed by atoms with Gasteiger partial charge in [-0.2, -0.15) is 18.4 Å². The molecule has 0 aromatic heterocycles. The zero-order valence-corrected chi connectivity index (χ0v) is 18.7. The fourth-order valence-corrected chi connectivity index (χ4v) is 4.08. The fraction of sp³-hybridized carbons (Fsp3) is 0.292. The first-order valence-electron chi connectivity index (χ1n) is 10.7. The van der Waals surface area contributed by atoms with Crippen molar-refractivity contribution in [3.63, 3.8) is 0 Å². The number of hydrogen-bond acceptors (Lipinski definition) is 6. The molecule has 2 aromatic rings. The third-order valence-electron chi connectivity index (χ3n) is 5.65. The molecule has 2 unspecified atom stereocenters. The molecule has 0 aliphatic carbocycles. The average Bonchev–Trinajstić information content (AvgIpc) is 3.23. The maximum Gasteiger partial charge on any atom is 0.411 e. The van der Waals surface area contributed by atoms with Crippen molar-refractivity contribution in [1.29, 1.82) is 5.26 Å². The molecule has 2 atom stereocenters. The minimum atomic E-state index is -4.40. The van der Waals surface area contributed by atoms with Gasteiger partial charge in [-0.25, -0.2) is 5.43 Å². The number of ether oxygens (including phenoxy) is 1. The number of amides is 2. The minimum Gasteiger partial charge on any atom is -0.367 e. The van der Waals surface area contributed by atoms with Gasteiger partial charge in [0.25, 0.3) is 5.91 Å². The summed E-state index contributed by atoms with van der Waals surface area (Å²) in [5.41, 5.74) is 5.60. The van der Waals surface area contributed by atoms with Crippen LogP contribution in [0.5, 0.6) is 0 Å². The Balaban J connectivity index is 1.48. The van der Waals surface area contributed by atoms with Gasteiger partial charge in [-0.1, -0.05) is 18.2 Å². The van der Waals surface area contributed by atoms with Crippen molar-refractivity contribution in [2.45, 2.75) is 25.7 Å². The van der Waals surface area contributed by atoms with Gasteiger partial charge in [0.05, 0.1) is 24.2 Å². The second-order valence-corrected chi connectivity index (χ2v) is 8.22. The molecule has 2 heterocycles. The third-order valence-corrected chi connectivity index (χ3v) is 5.65. The molecule has 2 aliphatic heterocycles. The summed E-state index contributed by atoms with van der Waals surface area (Å²) >= 11 is 0. The summed E-state index contributed by atoms with van der Waals surface area (Å²) < 4.78 is 41.5. The molecular weight excluding hydrogens is 463 g/mol. The van der Waals surface area contributed by atoms with Crippen LogP contribution in [0, 0.1) is 17.2 Å². The minimum absolute atomic E-state index is 0.210. The van der Waals surface area contributed by atoms with Gasteiger partial charge in [-0.3, -0.25) is 14.5 Å². The zero-order valence-electron chi connectivity index (χ0n) is 18.7. The van der Waals surface area contributed by atoms with Crippen molar-refractivity contribution in [1.82, 2.24) is 10.4 Å². The standard InChI is InChI=1S/C24H22F3N5O3/c1-15-12-31-21(20(11-29-31)22(33)30-18-4-2-3-17(9-18)10-28)23(34)32(15)19-7-5-16(6-8-19)13-35-14-24(25,26)27/h2-9,12,20-21,29H,11,13-14H2,1H3,(H,30,33). The van der Waals surface area contributed by atoms with Crippen LogP contribution in [0.25, 0.3) is 0 Å². The lowest BCUT2D eigenvalue weighted by Crippen LogP contribution is -2.53. The van der Waals surface area contributed by atoms with Gasteiger partial charge in [-0.15, -0.1) is 0 Å². The van der Waals surface area contributed by atoms with Crippen LogP contribution in [0.1, 0.15) is 18.1 Å². The predicted octanol–water partition coefficient (Wildman–Crippen LogP) is 3.29. The van der Waals surface area contributed by atoms with Crippen LogP contribution in [-0.2, 0) is 20.9 Å². The van der Waals surface area contributed by atoms with Crippen molar-refractivity contribution >= 4 is 23.2 Å². The maximum atomic E-state index is 13.5. The lowest BCUT2D eigenvalue weighted by atomic mass is 9.97. The average molecular weight is 485 g/mol. The van der Waals surface area contributed by atoms with Gasteiger partial charge in [0.2, 0.25) is 5.91 Å². The Morgan fingerprint density at radius 2 is 2.00 bits per heavy atom. The number of hydrogen-bond donors (Lipinski definition) is 2. The monoisotopic (exact) mass is 485 g/mol. The van der Waals surface area contributed by atoms with Crippen LogP contribution < -0.4 is 15.6 Å². The molecule has 2 amide bonds. The van der Waals surface area contributed by atoms with Crippen molar-refractivity contribution in [2.24, 2.45) is 5.92 Å². The normalized spacial score (nSPS) is 19.7. The molecule has 11 heteroatoms. The van der Waals surface area contributed by atoms with E-state index in [1.165, 1.54) is 4.90 Å². The molecule has 2 aliphatic rings. The Labute approximate surface area is 199 Å². The Morgan fingerprint density at radius 3 is 2.69 bits per heavy atom. The highest BCUT2D eigenvalue weighted by Gasteiger charge is 2.47. The molecule has 0 radical (unpaired) electrons. The van der Waals surface area contributed by atoms with E-state index in [0.717, 1.165) is 0 Å². The number of carbonyl (C=O) groups is 2. The Morgan fingerprint density at radius 1 is 1.26 bits per heavy atom. The number of hydrazine groups is 1. The smallest absolute Gasteiger partial charge is 0.367 e. The summed E-state index contributed by atoms with van der Waals surface area (Å²) in [6.45, 7) is 0.443. The lowest BCUT2D eigenvalue weighted by Gasteiger charge is -2.36. The first-order valence-corrected chi connectivity index (χ1v) is 10.7. The topological polar surface area (TPSA) is 97.7 Å². The SMILES string of the molecule is CC1=CN2NCC(C(=O)Nc3cccc(C#N)c3)C2C(=O)N1c1ccc(COCC(F)(F)F)cc1. The largest absolute Gasteiger partial charge is 0.411 e. The molecule has 1 fully saturated rings. The highest BCUT2D eigenvalue weighted by molar-refractivity contribution is 6.05. The molecule has 182 valence electrons. The van der Waals surface area contributed by atoms with E-state index in [1.54, 1.807) is 66.7 Å². The summed E-state index contributed by atoms with van der Waals surface area (Å²) in [6, 6.07) is 14.2. The summed E-state index contributed by atoms with van der Waals surface area (Å²) in [5, 5.41) is 13.5. The molecule has 0 bridgehead atoms.